The van der Waals surface area contributed by atoms with Gasteiger partial charge in [0, 0.05) is 23.2 Å². The lowest BCUT2D eigenvalue weighted by molar-refractivity contribution is 0.0948. The predicted octanol–water partition coefficient (Wildman–Crippen LogP) is 5.69. The molecule has 0 bridgehead atoms. The highest BCUT2D eigenvalue weighted by Gasteiger charge is 2.27. The molecule has 1 aliphatic carbocycles. The highest BCUT2D eigenvalue weighted by Crippen LogP contribution is 2.34. The average molecular weight is 420 g/mol. The van der Waals surface area contributed by atoms with E-state index < -0.39 is 0 Å². The molecule has 1 aromatic carbocycles. The van der Waals surface area contributed by atoms with Crippen molar-refractivity contribution in [2.75, 3.05) is 0 Å². The third-order valence-electron chi connectivity index (χ3n) is 5.84. The topological polar surface area (TPSA) is 46.9 Å². The number of thiophene rings is 1. The number of benzene rings is 1. The van der Waals surface area contributed by atoms with Gasteiger partial charge in [-0.25, -0.2) is 4.68 Å². The lowest BCUT2D eigenvalue weighted by Crippen LogP contribution is -2.32. The Morgan fingerprint density at radius 3 is 2.50 bits per heavy atom. The lowest BCUT2D eigenvalue weighted by Gasteiger charge is -2.19. The Bertz CT molecular complexity index is 1070. The van der Waals surface area contributed by atoms with Crippen LogP contribution in [0.3, 0.4) is 0 Å². The first-order valence-electron chi connectivity index (χ1n) is 10.4. The summed E-state index contributed by atoms with van der Waals surface area (Å²) in [6, 6.07) is 12.5. The SMILES string of the molecule is Cc1nn(-c2ccc(C(C)(C)C)cc2)c(C)c1[C@@H]1C=C[C@@H](NC(=O)c2cccs2)C1. The van der Waals surface area contributed by atoms with Crippen LogP contribution >= 0.6 is 11.3 Å². The first-order valence-corrected chi connectivity index (χ1v) is 11.3. The fourth-order valence-corrected chi connectivity index (χ4v) is 4.84. The summed E-state index contributed by atoms with van der Waals surface area (Å²) in [5.74, 6) is 0.268. The largest absolute Gasteiger partial charge is 0.345 e. The van der Waals surface area contributed by atoms with Crippen molar-refractivity contribution < 1.29 is 4.79 Å². The van der Waals surface area contributed by atoms with E-state index in [2.05, 4.69) is 76.4 Å². The van der Waals surface area contributed by atoms with Crippen molar-refractivity contribution in [1.29, 1.82) is 0 Å². The highest BCUT2D eigenvalue weighted by atomic mass is 32.1. The van der Waals surface area contributed by atoms with Crippen molar-refractivity contribution in [3.8, 4) is 5.69 Å². The summed E-state index contributed by atoms with van der Waals surface area (Å²) >= 11 is 1.47. The number of nitrogens with one attached hydrogen (secondary N) is 1. The van der Waals surface area contributed by atoms with Crippen LogP contribution < -0.4 is 5.32 Å². The van der Waals surface area contributed by atoms with E-state index in [1.54, 1.807) is 0 Å². The van der Waals surface area contributed by atoms with Gasteiger partial charge in [0.1, 0.15) is 0 Å². The Morgan fingerprint density at radius 1 is 1.13 bits per heavy atom. The maximum Gasteiger partial charge on any atom is 0.261 e. The van der Waals surface area contributed by atoms with Crippen LogP contribution in [0.1, 0.15) is 65.3 Å². The van der Waals surface area contributed by atoms with Crippen LogP contribution in [0, 0.1) is 13.8 Å². The molecule has 1 amide bonds. The Morgan fingerprint density at radius 2 is 1.87 bits per heavy atom. The van der Waals surface area contributed by atoms with E-state index in [-0.39, 0.29) is 23.3 Å². The van der Waals surface area contributed by atoms with Gasteiger partial charge in [-0.05, 0) is 54.8 Å². The first-order chi connectivity index (χ1) is 14.2. The molecule has 0 saturated carbocycles. The van der Waals surface area contributed by atoms with Crippen molar-refractivity contribution in [2.24, 2.45) is 0 Å². The minimum absolute atomic E-state index is 0.00313. The smallest absolute Gasteiger partial charge is 0.261 e. The molecule has 4 nitrogen and oxygen atoms in total. The van der Waals surface area contributed by atoms with Crippen molar-refractivity contribution >= 4 is 17.2 Å². The maximum absolute atomic E-state index is 12.4. The molecule has 5 heteroatoms. The molecule has 4 rings (SSSR count). The molecule has 3 aromatic rings. The van der Waals surface area contributed by atoms with Crippen molar-refractivity contribution in [1.82, 2.24) is 15.1 Å². The van der Waals surface area contributed by atoms with Gasteiger partial charge in [0.15, 0.2) is 0 Å². The molecule has 156 valence electrons. The fourth-order valence-electron chi connectivity index (χ4n) is 4.21. The molecule has 0 saturated heterocycles. The van der Waals surface area contributed by atoms with Crippen molar-refractivity contribution in [2.45, 2.75) is 58.4 Å². The Hall–Kier alpha value is -2.66. The number of carbonyl (C=O) groups is 1. The summed E-state index contributed by atoms with van der Waals surface area (Å²) in [6.45, 7) is 10.9. The number of carbonyl (C=O) groups excluding carboxylic acids is 1. The highest BCUT2D eigenvalue weighted by molar-refractivity contribution is 7.12. The molecular weight excluding hydrogens is 390 g/mol. The molecule has 0 spiro atoms. The second-order valence-corrected chi connectivity index (χ2v) is 10.0. The number of nitrogens with zero attached hydrogens (tertiary/aromatic N) is 2. The minimum Gasteiger partial charge on any atom is -0.345 e. The van der Waals surface area contributed by atoms with E-state index in [1.165, 1.54) is 22.5 Å². The number of hydrogen-bond donors (Lipinski definition) is 1. The van der Waals surface area contributed by atoms with Gasteiger partial charge >= 0.3 is 0 Å². The number of rotatable bonds is 4. The second kappa shape index (κ2) is 7.88. The molecule has 0 unspecified atom stereocenters. The van der Waals surface area contributed by atoms with E-state index >= 15 is 0 Å². The number of allylic oxidation sites excluding steroid dienone is 1. The molecule has 30 heavy (non-hydrogen) atoms. The van der Waals surface area contributed by atoms with Gasteiger partial charge in [-0.3, -0.25) is 4.79 Å². The zero-order valence-corrected chi connectivity index (χ0v) is 19.1. The summed E-state index contributed by atoms with van der Waals surface area (Å²) in [5, 5.41) is 9.90. The van der Waals surface area contributed by atoms with Crippen LogP contribution in [0.4, 0.5) is 0 Å². The molecule has 2 atom stereocenters. The van der Waals surface area contributed by atoms with Crippen molar-refractivity contribution in [3.05, 3.63) is 81.3 Å². The van der Waals surface area contributed by atoms with Gasteiger partial charge in [-0.15, -0.1) is 11.3 Å². The van der Waals surface area contributed by atoms with Crippen LogP contribution in [0.15, 0.2) is 53.9 Å². The Kier molecular flexibility index (Phi) is 5.41. The van der Waals surface area contributed by atoms with Crippen LogP contribution in [0.5, 0.6) is 0 Å². The molecule has 0 aliphatic heterocycles. The van der Waals surface area contributed by atoms with E-state index in [0.29, 0.717) is 0 Å². The fraction of sp³-hybridized carbons (Fsp3) is 0.360. The molecular formula is C25H29N3OS. The monoisotopic (exact) mass is 419 g/mol. The van der Waals surface area contributed by atoms with Crippen LogP contribution in [0.25, 0.3) is 5.69 Å². The van der Waals surface area contributed by atoms with E-state index in [9.17, 15) is 4.79 Å². The zero-order valence-electron chi connectivity index (χ0n) is 18.3. The van der Waals surface area contributed by atoms with Crippen molar-refractivity contribution in [3.63, 3.8) is 0 Å². The predicted molar refractivity (Wildman–Crippen MR) is 124 cm³/mol. The van der Waals surface area contributed by atoms with Crippen LogP contribution in [-0.4, -0.2) is 21.7 Å². The summed E-state index contributed by atoms with van der Waals surface area (Å²) in [5.41, 5.74) is 6.01. The van der Waals surface area contributed by atoms with Crippen LogP contribution in [-0.2, 0) is 5.41 Å². The Balaban J connectivity index is 1.52. The second-order valence-electron chi connectivity index (χ2n) is 9.08. The molecule has 0 radical (unpaired) electrons. The van der Waals surface area contributed by atoms with E-state index in [4.69, 9.17) is 5.10 Å². The minimum atomic E-state index is 0.00313. The molecule has 2 aromatic heterocycles. The maximum atomic E-state index is 12.4. The summed E-state index contributed by atoms with van der Waals surface area (Å²) in [6.07, 6.45) is 5.20. The average Bonchev–Trinajstić information content (AvgIpc) is 3.42. The third-order valence-corrected chi connectivity index (χ3v) is 6.71. The number of aromatic nitrogens is 2. The summed E-state index contributed by atoms with van der Waals surface area (Å²) < 4.78 is 2.04. The third kappa shape index (κ3) is 3.99. The van der Waals surface area contributed by atoms with E-state index in [0.717, 1.165) is 28.4 Å². The molecule has 1 N–H and O–H groups in total. The quantitative estimate of drug-likeness (QED) is 0.552. The number of aryl methyl sites for hydroxylation is 1. The summed E-state index contributed by atoms with van der Waals surface area (Å²) in [7, 11) is 0. The lowest BCUT2D eigenvalue weighted by atomic mass is 9.87. The zero-order chi connectivity index (χ0) is 21.5. The van der Waals surface area contributed by atoms with Gasteiger partial charge in [-0.2, -0.15) is 5.10 Å². The molecule has 0 fully saturated rings. The van der Waals surface area contributed by atoms with Gasteiger partial charge in [0.25, 0.3) is 5.91 Å². The standard InChI is InChI=1S/C25H29N3OS/c1-16-23(18-8-11-20(15-18)26-24(29)22-7-6-14-30-22)17(2)28(27-16)21-12-9-19(10-13-21)25(3,4)5/h6-14,18,20H,15H2,1-5H3,(H,26,29)/t18-,20-/m1/s1. The number of amides is 1. The summed E-state index contributed by atoms with van der Waals surface area (Å²) in [4.78, 5) is 13.1. The first kappa shape index (κ1) is 20.6. The van der Waals surface area contributed by atoms with E-state index in [1.807, 2.05) is 22.2 Å². The van der Waals surface area contributed by atoms with Crippen LogP contribution in [0.2, 0.25) is 0 Å². The Labute approximate surface area is 182 Å². The van der Waals surface area contributed by atoms with Gasteiger partial charge in [-0.1, -0.05) is 51.1 Å². The number of hydrogen-bond acceptors (Lipinski definition) is 3. The molecule has 1 aliphatic rings. The normalized spacial score (nSPS) is 18.7. The van der Waals surface area contributed by atoms with Gasteiger partial charge < -0.3 is 5.32 Å². The van der Waals surface area contributed by atoms with Gasteiger partial charge in [0.05, 0.1) is 16.3 Å². The van der Waals surface area contributed by atoms with Gasteiger partial charge in [0.2, 0.25) is 0 Å². The molecule has 2 heterocycles.